The summed E-state index contributed by atoms with van der Waals surface area (Å²) in [6.07, 6.45) is 10.4. The molecule has 0 unspecified atom stereocenters. The van der Waals surface area contributed by atoms with Crippen LogP contribution in [-0.4, -0.2) is 103 Å². The third-order valence-electron chi connectivity index (χ3n) is 10.4. The van der Waals surface area contributed by atoms with Gasteiger partial charge in [0, 0.05) is 95.6 Å². The molecule has 0 spiro atoms. The van der Waals surface area contributed by atoms with Crippen LogP contribution in [0.2, 0.25) is 10.0 Å². The standard InChI is InChI=1S/C18H21ClN8O.C15H20ClN7/c1-18-10-26(15(28)3-4-20)7-12(18)8-27(11-18)16-14(19)6-21-17(24-16)23-13-5-22-25(2)9-13;1-15-8-17-3-10(15)6-23(9-15)13-12(16)5-18-14(21-13)20-11-4-19-22(2)7-11/h5-6,9,12H,3,7-8,10-11H2,1-2H3,(H,21,23,24);4-5,7,10,17H,3,6,8-9H2,1-2H3,(H,18,20,21)/t12-,18+;10-,15+/m00/s1. The average Bonchev–Trinajstić information content (AvgIpc) is 3.92. The number of aryl methyl sites for hydroxylation is 2. The number of hydrogen-bond donors (Lipinski definition) is 3. The van der Waals surface area contributed by atoms with E-state index in [0.29, 0.717) is 58.1 Å². The second-order valence-electron chi connectivity index (χ2n) is 14.5. The summed E-state index contributed by atoms with van der Waals surface area (Å²) in [7, 11) is 3.71. The highest BCUT2D eigenvalue weighted by atomic mass is 35.5. The molecule has 4 aliphatic heterocycles. The minimum Gasteiger partial charge on any atom is -0.354 e. The second-order valence-corrected chi connectivity index (χ2v) is 15.3. The lowest BCUT2D eigenvalue weighted by molar-refractivity contribution is -0.129. The van der Waals surface area contributed by atoms with Crippen molar-refractivity contribution < 1.29 is 4.79 Å². The van der Waals surface area contributed by atoms with Crippen LogP contribution in [0.15, 0.2) is 37.2 Å². The van der Waals surface area contributed by atoms with Gasteiger partial charge in [-0.25, -0.2) is 9.97 Å². The molecule has 0 radical (unpaired) electrons. The molecular formula is C33H41Cl2N15O. The molecule has 4 fully saturated rings. The number of carbonyl (C=O) groups is 1. The maximum absolute atomic E-state index is 12.1. The number of amides is 1. The molecule has 16 nitrogen and oxygen atoms in total. The second kappa shape index (κ2) is 13.8. The lowest BCUT2D eigenvalue weighted by Crippen LogP contribution is -2.35. The van der Waals surface area contributed by atoms with Crippen LogP contribution in [0.4, 0.5) is 34.9 Å². The molecule has 18 heteroatoms. The SMILES string of the molecule is Cn1cc(Nc2ncc(Cl)c(N3C[C@@H]4CN(C(=O)CC#N)C[C@]4(C)C3)n2)cn1.Cn1cc(Nc2ncc(Cl)c(N3C[C@@H]4CNC[C@]4(C)C3)n2)cn1. The molecule has 4 saturated heterocycles. The van der Waals surface area contributed by atoms with Gasteiger partial charge in [0.05, 0.1) is 42.2 Å². The highest BCUT2D eigenvalue weighted by Gasteiger charge is 2.51. The largest absolute Gasteiger partial charge is 0.354 e. The normalized spacial score (nSPS) is 24.9. The van der Waals surface area contributed by atoms with E-state index in [9.17, 15) is 4.79 Å². The summed E-state index contributed by atoms with van der Waals surface area (Å²) in [5, 5.41) is 27.9. The first-order chi connectivity index (χ1) is 24.4. The van der Waals surface area contributed by atoms with Gasteiger partial charge in [-0.05, 0) is 5.92 Å². The fourth-order valence-corrected chi connectivity index (χ4v) is 8.12. The molecule has 4 aromatic rings. The van der Waals surface area contributed by atoms with Gasteiger partial charge in [-0.1, -0.05) is 37.0 Å². The quantitative estimate of drug-likeness (QED) is 0.252. The minimum atomic E-state index is -0.0901. The van der Waals surface area contributed by atoms with Gasteiger partial charge in [0.1, 0.15) is 16.5 Å². The molecule has 0 aliphatic carbocycles. The van der Waals surface area contributed by atoms with Crippen LogP contribution in [0.5, 0.6) is 0 Å². The van der Waals surface area contributed by atoms with Crippen LogP contribution < -0.4 is 25.8 Å². The van der Waals surface area contributed by atoms with Gasteiger partial charge in [0.25, 0.3) is 0 Å². The molecule has 0 aromatic carbocycles. The van der Waals surface area contributed by atoms with E-state index in [1.807, 2.05) is 37.5 Å². The molecule has 3 N–H and O–H groups in total. The Hall–Kier alpha value is -4.72. The van der Waals surface area contributed by atoms with Crippen LogP contribution in [0.1, 0.15) is 20.3 Å². The predicted molar refractivity (Wildman–Crippen MR) is 194 cm³/mol. The molecule has 4 aromatic heterocycles. The summed E-state index contributed by atoms with van der Waals surface area (Å²) in [5.41, 5.74) is 1.91. The highest BCUT2D eigenvalue weighted by Crippen LogP contribution is 2.45. The van der Waals surface area contributed by atoms with Crippen molar-refractivity contribution in [2.75, 3.05) is 72.8 Å². The van der Waals surface area contributed by atoms with Gasteiger partial charge < -0.3 is 30.7 Å². The van der Waals surface area contributed by atoms with Crippen LogP contribution >= 0.6 is 23.2 Å². The van der Waals surface area contributed by atoms with E-state index in [1.54, 1.807) is 34.2 Å². The Balaban J connectivity index is 0.000000162. The van der Waals surface area contributed by atoms with Crippen molar-refractivity contribution in [3.8, 4) is 6.07 Å². The van der Waals surface area contributed by atoms with Gasteiger partial charge in [-0.3, -0.25) is 14.2 Å². The Bertz CT molecular complexity index is 1960. The summed E-state index contributed by atoms with van der Waals surface area (Å²) >= 11 is 12.8. The van der Waals surface area contributed by atoms with Gasteiger partial charge in [-0.2, -0.15) is 25.4 Å². The Morgan fingerprint density at radius 3 is 1.90 bits per heavy atom. The number of nitrogens with zero attached hydrogens (tertiary/aromatic N) is 12. The number of fused-ring (bicyclic) bond motifs is 2. The first-order valence-electron chi connectivity index (χ1n) is 16.8. The van der Waals surface area contributed by atoms with Crippen molar-refractivity contribution >= 4 is 64.0 Å². The van der Waals surface area contributed by atoms with E-state index in [-0.39, 0.29) is 17.7 Å². The first kappa shape index (κ1) is 34.7. The predicted octanol–water partition coefficient (Wildman–Crippen LogP) is 3.46. The lowest BCUT2D eigenvalue weighted by Gasteiger charge is -2.26. The number of hydrogen-bond acceptors (Lipinski definition) is 13. The highest BCUT2D eigenvalue weighted by molar-refractivity contribution is 6.33. The number of halogens is 2. The monoisotopic (exact) mass is 733 g/mol. The molecule has 1 amide bonds. The van der Waals surface area contributed by atoms with E-state index < -0.39 is 0 Å². The van der Waals surface area contributed by atoms with Gasteiger partial charge in [0.2, 0.25) is 17.8 Å². The van der Waals surface area contributed by atoms with Crippen molar-refractivity contribution in [2.45, 2.75) is 20.3 Å². The summed E-state index contributed by atoms with van der Waals surface area (Å²) in [6, 6.07) is 1.94. The first-order valence-corrected chi connectivity index (χ1v) is 17.6. The topological polar surface area (TPSA) is 174 Å². The zero-order valence-electron chi connectivity index (χ0n) is 29.0. The molecular weight excluding hydrogens is 693 g/mol. The summed E-state index contributed by atoms with van der Waals surface area (Å²) < 4.78 is 3.43. The summed E-state index contributed by atoms with van der Waals surface area (Å²) in [4.78, 5) is 36.1. The van der Waals surface area contributed by atoms with E-state index >= 15 is 0 Å². The van der Waals surface area contributed by atoms with Crippen LogP contribution in [0.3, 0.4) is 0 Å². The van der Waals surface area contributed by atoms with E-state index in [1.165, 1.54) is 0 Å². The number of rotatable bonds is 7. The molecule has 268 valence electrons. The van der Waals surface area contributed by atoms with Crippen molar-refractivity contribution in [1.82, 2.24) is 49.7 Å². The third kappa shape index (κ3) is 7.23. The van der Waals surface area contributed by atoms with E-state index in [4.69, 9.17) is 28.5 Å². The molecule has 4 atom stereocenters. The van der Waals surface area contributed by atoms with Crippen molar-refractivity contribution in [2.24, 2.45) is 36.8 Å². The number of carbonyl (C=O) groups excluding carboxylic acids is 1. The fraction of sp³-hybridized carbons (Fsp3) is 0.515. The summed E-state index contributed by atoms with van der Waals surface area (Å²) in [5.74, 6) is 3.36. The third-order valence-corrected chi connectivity index (χ3v) is 11.0. The zero-order valence-corrected chi connectivity index (χ0v) is 30.5. The number of nitriles is 1. The number of aromatic nitrogens is 8. The van der Waals surface area contributed by atoms with Gasteiger partial charge >= 0.3 is 0 Å². The van der Waals surface area contributed by atoms with Crippen molar-refractivity contribution in [3.63, 3.8) is 0 Å². The molecule has 4 aliphatic rings. The van der Waals surface area contributed by atoms with E-state index in [2.05, 4.69) is 69.7 Å². The van der Waals surface area contributed by atoms with Gasteiger partial charge in [-0.15, -0.1) is 0 Å². The van der Waals surface area contributed by atoms with Crippen molar-refractivity contribution in [1.29, 1.82) is 5.26 Å². The molecule has 8 heterocycles. The Morgan fingerprint density at radius 2 is 1.41 bits per heavy atom. The molecule has 0 saturated carbocycles. The molecule has 0 bridgehead atoms. The van der Waals surface area contributed by atoms with E-state index in [0.717, 1.165) is 56.5 Å². The summed E-state index contributed by atoms with van der Waals surface area (Å²) in [6.45, 7) is 11.4. The zero-order chi connectivity index (χ0) is 35.9. The fourth-order valence-electron chi connectivity index (χ4n) is 7.70. The molecule has 8 rings (SSSR count). The Morgan fingerprint density at radius 1 is 0.863 bits per heavy atom. The van der Waals surface area contributed by atoms with Crippen LogP contribution in [0.25, 0.3) is 0 Å². The maximum Gasteiger partial charge on any atom is 0.236 e. The Labute approximate surface area is 306 Å². The number of likely N-dealkylation sites (tertiary alicyclic amines) is 1. The number of nitrogens with one attached hydrogen (secondary N) is 3. The average molecular weight is 735 g/mol. The Kier molecular flexibility index (Phi) is 9.38. The smallest absolute Gasteiger partial charge is 0.236 e. The lowest BCUT2D eigenvalue weighted by atomic mass is 9.83. The van der Waals surface area contributed by atoms with Crippen LogP contribution in [-0.2, 0) is 18.9 Å². The van der Waals surface area contributed by atoms with Gasteiger partial charge in [0.15, 0.2) is 11.6 Å². The number of anilines is 6. The maximum atomic E-state index is 12.1. The molecule has 51 heavy (non-hydrogen) atoms. The van der Waals surface area contributed by atoms with Crippen LogP contribution in [0, 0.1) is 34.0 Å². The minimum absolute atomic E-state index is 0.0453. The van der Waals surface area contributed by atoms with Crippen molar-refractivity contribution in [3.05, 3.63) is 47.2 Å².